The third-order valence-corrected chi connectivity index (χ3v) is 4.19. The lowest BCUT2D eigenvalue weighted by atomic mass is 9.73. The van der Waals surface area contributed by atoms with E-state index in [1.54, 1.807) is 0 Å². The van der Waals surface area contributed by atoms with E-state index >= 15 is 0 Å². The van der Waals surface area contributed by atoms with Crippen LogP contribution in [0.1, 0.15) is 38.2 Å². The fourth-order valence-electron chi connectivity index (χ4n) is 2.86. The molecule has 0 bridgehead atoms. The highest BCUT2D eigenvalue weighted by atomic mass is 16.5. The summed E-state index contributed by atoms with van der Waals surface area (Å²) in [4.78, 5) is 24.3. The van der Waals surface area contributed by atoms with E-state index in [0.29, 0.717) is 39.2 Å². The van der Waals surface area contributed by atoms with Gasteiger partial charge in [-0.2, -0.15) is 0 Å². The zero-order valence-electron chi connectivity index (χ0n) is 13.7. The standard InChI is InChI=1S/C18H25NO4/c1-2-12-23-16(20)8-11-19-17(21)18(9-13-22-14-10-18)15-6-4-3-5-7-15/h3-7H,2,8-14H2,1H3,(H,19,21). The number of ether oxygens (including phenoxy) is 2. The first kappa shape index (κ1) is 17.5. The molecule has 0 aliphatic carbocycles. The molecular formula is C18H25NO4. The van der Waals surface area contributed by atoms with Crippen molar-refractivity contribution in [3.63, 3.8) is 0 Å². The van der Waals surface area contributed by atoms with Gasteiger partial charge in [-0.1, -0.05) is 37.3 Å². The molecular weight excluding hydrogens is 294 g/mol. The molecule has 0 saturated carbocycles. The molecule has 2 rings (SSSR count). The van der Waals surface area contributed by atoms with Crippen LogP contribution >= 0.6 is 0 Å². The zero-order chi connectivity index (χ0) is 16.5. The van der Waals surface area contributed by atoms with Crippen LogP contribution in [0.2, 0.25) is 0 Å². The normalized spacial score (nSPS) is 16.6. The van der Waals surface area contributed by atoms with Crippen LogP contribution in [0.4, 0.5) is 0 Å². The summed E-state index contributed by atoms with van der Waals surface area (Å²) in [6, 6.07) is 9.81. The predicted molar refractivity (Wildman–Crippen MR) is 87.0 cm³/mol. The maximum Gasteiger partial charge on any atom is 0.307 e. The van der Waals surface area contributed by atoms with Crippen molar-refractivity contribution in [1.29, 1.82) is 0 Å². The highest BCUT2D eigenvalue weighted by Crippen LogP contribution is 2.35. The van der Waals surface area contributed by atoms with Gasteiger partial charge in [0.2, 0.25) is 5.91 Å². The van der Waals surface area contributed by atoms with Crippen molar-refractivity contribution in [2.24, 2.45) is 0 Å². The second-order valence-electron chi connectivity index (χ2n) is 5.79. The van der Waals surface area contributed by atoms with Crippen LogP contribution in [0.25, 0.3) is 0 Å². The first-order chi connectivity index (χ1) is 11.2. The van der Waals surface area contributed by atoms with Gasteiger partial charge in [-0.15, -0.1) is 0 Å². The van der Waals surface area contributed by atoms with E-state index in [4.69, 9.17) is 9.47 Å². The molecule has 23 heavy (non-hydrogen) atoms. The summed E-state index contributed by atoms with van der Waals surface area (Å²) in [7, 11) is 0. The summed E-state index contributed by atoms with van der Waals surface area (Å²) in [6.07, 6.45) is 2.31. The monoisotopic (exact) mass is 319 g/mol. The van der Waals surface area contributed by atoms with Crippen LogP contribution < -0.4 is 5.32 Å². The summed E-state index contributed by atoms with van der Waals surface area (Å²) >= 11 is 0. The van der Waals surface area contributed by atoms with Gasteiger partial charge in [-0.3, -0.25) is 9.59 Å². The molecule has 0 radical (unpaired) electrons. The summed E-state index contributed by atoms with van der Waals surface area (Å²) < 4.78 is 10.4. The minimum absolute atomic E-state index is 0.0321. The average Bonchev–Trinajstić information content (AvgIpc) is 2.61. The highest BCUT2D eigenvalue weighted by molar-refractivity contribution is 5.88. The first-order valence-electron chi connectivity index (χ1n) is 8.26. The molecule has 1 heterocycles. The van der Waals surface area contributed by atoms with Gasteiger partial charge in [0.05, 0.1) is 18.4 Å². The molecule has 5 nitrogen and oxygen atoms in total. The minimum atomic E-state index is -0.563. The van der Waals surface area contributed by atoms with Crippen molar-refractivity contribution in [2.75, 3.05) is 26.4 Å². The Morgan fingerprint density at radius 3 is 2.57 bits per heavy atom. The molecule has 1 aliphatic rings. The number of esters is 1. The maximum absolute atomic E-state index is 12.8. The lowest BCUT2D eigenvalue weighted by Gasteiger charge is -2.36. The third kappa shape index (κ3) is 4.55. The number of hydrogen-bond acceptors (Lipinski definition) is 4. The number of amides is 1. The van der Waals surface area contributed by atoms with E-state index in [1.165, 1.54) is 0 Å². The van der Waals surface area contributed by atoms with Gasteiger partial charge in [0.25, 0.3) is 0 Å². The molecule has 1 amide bonds. The van der Waals surface area contributed by atoms with Crippen molar-refractivity contribution in [3.8, 4) is 0 Å². The van der Waals surface area contributed by atoms with Gasteiger partial charge in [0.1, 0.15) is 0 Å². The van der Waals surface area contributed by atoms with Crippen molar-refractivity contribution in [3.05, 3.63) is 35.9 Å². The fourth-order valence-corrected chi connectivity index (χ4v) is 2.86. The second-order valence-corrected chi connectivity index (χ2v) is 5.79. The van der Waals surface area contributed by atoms with Gasteiger partial charge < -0.3 is 14.8 Å². The van der Waals surface area contributed by atoms with E-state index in [1.807, 2.05) is 37.3 Å². The first-order valence-corrected chi connectivity index (χ1v) is 8.26. The number of carbonyl (C=O) groups excluding carboxylic acids is 2. The molecule has 126 valence electrons. The Bertz CT molecular complexity index is 509. The molecule has 1 aromatic carbocycles. The number of carbonyl (C=O) groups is 2. The fraction of sp³-hybridized carbons (Fsp3) is 0.556. The Morgan fingerprint density at radius 1 is 1.22 bits per heavy atom. The van der Waals surface area contributed by atoms with Gasteiger partial charge in [-0.25, -0.2) is 0 Å². The molecule has 1 fully saturated rings. The van der Waals surface area contributed by atoms with Gasteiger partial charge in [0, 0.05) is 19.8 Å². The van der Waals surface area contributed by atoms with Crippen LogP contribution in [0.3, 0.4) is 0 Å². The predicted octanol–water partition coefficient (Wildman–Crippen LogP) is 2.19. The van der Waals surface area contributed by atoms with Gasteiger partial charge >= 0.3 is 5.97 Å². The molecule has 0 aromatic heterocycles. The highest BCUT2D eigenvalue weighted by Gasteiger charge is 2.41. The lowest BCUT2D eigenvalue weighted by Crippen LogP contribution is -2.48. The molecule has 1 aliphatic heterocycles. The Balaban J connectivity index is 1.97. The smallest absolute Gasteiger partial charge is 0.307 e. The Kier molecular flexibility index (Phi) is 6.59. The summed E-state index contributed by atoms with van der Waals surface area (Å²) in [6.45, 7) is 3.82. The van der Waals surface area contributed by atoms with E-state index in [9.17, 15) is 9.59 Å². The number of nitrogens with one attached hydrogen (secondary N) is 1. The van der Waals surface area contributed by atoms with Crippen LogP contribution in [0.15, 0.2) is 30.3 Å². The van der Waals surface area contributed by atoms with Crippen molar-refractivity contribution in [1.82, 2.24) is 5.32 Å². The molecule has 1 saturated heterocycles. The van der Waals surface area contributed by atoms with E-state index in [2.05, 4.69) is 5.32 Å². The van der Waals surface area contributed by atoms with Crippen LogP contribution in [0, 0.1) is 0 Å². The summed E-state index contributed by atoms with van der Waals surface area (Å²) in [5.74, 6) is -0.303. The lowest BCUT2D eigenvalue weighted by molar-refractivity contribution is -0.143. The van der Waals surface area contributed by atoms with Crippen LogP contribution in [-0.4, -0.2) is 38.2 Å². The SMILES string of the molecule is CCCOC(=O)CCNC(=O)C1(c2ccccc2)CCOCC1. The number of hydrogen-bond donors (Lipinski definition) is 1. The largest absolute Gasteiger partial charge is 0.466 e. The number of rotatable bonds is 7. The molecule has 0 unspecified atom stereocenters. The van der Waals surface area contributed by atoms with Crippen molar-refractivity contribution in [2.45, 2.75) is 38.0 Å². The Morgan fingerprint density at radius 2 is 1.91 bits per heavy atom. The average molecular weight is 319 g/mol. The topological polar surface area (TPSA) is 64.6 Å². The summed E-state index contributed by atoms with van der Waals surface area (Å²) in [5, 5.41) is 2.90. The van der Waals surface area contributed by atoms with E-state index in [0.717, 1.165) is 12.0 Å². The van der Waals surface area contributed by atoms with Crippen molar-refractivity contribution < 1.29 is 19.1 Å². The van der Waals surface area contributed by atoms with E-state index < -0.39 is 5.41 Å². The zero-order valence-corrected chi connectivity index (χ0v) is 13.7. The molecule has 1 aromatic rings. The molecule has 1 N–H and O–H groups in total. The molecule has 5 heteroatoms. The van der Waals surface area contributed by atoms with Gasteiger partial charge in [0.15, 0.2) is 0 Å². The Labute approximate surface area is 137 Å². The minimum Gasteiger partial charge on any atom is -0.466 e. The van der Waals surface area contributed by atoms with Crippen molar-refractivity contribution >= 4 is 11.9 Å². The quantitative estimate of drug-likeness (QED) is 0.783. The molecule has 0 spiro atoms. The van der Waals surface area contributed by atoms with E-state index in [-0.39, 0.29) is 18.3 Å². The summed E-state index contributed by atoms with van der Waals surface area (Å²) in [5.41, 5.74) is 0.446. The maximum atomic E-state index is 12.8. The van der Waals surface area contributed by atoms with Gasteiger partial charge in [-0.05, 0) is 24.8 Å². The number of benzene rings is 1. The van der Waals surface area contributed by atoms with Crippen LogP contribution in [0.5, 0.6) is 0 Å². The van der Waals surface area contributed by atoms with Crippen LogP contribution in [-0.2, 0) is 24.5 Å². The second kappa shape index (κ2) is 8.67. The molecule has 0 atom stereocenters. The third-order valence-electron chi connectivity index (χ3n) is 4.19. The Hall–Kier alpha value is -1.88.